The first-order chi connectivity index (χ1) is 9.28. The fourth-order valence-electron chi connectivity index (χ4n) is 2.09. The maximum absolute atomic E-state index is 11.7. The van der Waals surface area contributed by atoms with Crippen molar-refractivity contribution in [3.8, 4) is 5.75 Å². The van der Waals surface area contributed by atoms with Crippen LogP contribution in [0.5, 0.6) is 5.75 Å². The second kappa shape index (κ2) is 4.65. The average molecular weight is 255 g/mol. The first-order valence-electron chi connectivity index (χ1n) is 5.98. The summed E-state index contributed by atoms with van der Waals surface area (Å²) in [4.78, 5) is 11.7. The Morgan fingerprint density at radius 3 is 2.58 bits per heavy atom. The van der Waals surface area contributed by atoms with Crippen molar-refractivity contribution >= 4 is 11.7 Å². The first-order valence-corrected chi connectivity index (χ1v) is 5.98. The molecule has 1 N–H and O–H groups in total. The zero-order valence-electron chi connectivity index (χ0n) is 10.4. The molecule has 3 rings (SSSR count). The van der Waals surface area contributed by atoms with Crippen LogP contribution in [0.4, 0.5) is 5.69 Å². The molecule has 96 valence electrons. The topological polar surface area (TPSA) is 47.6 Å². The van der Waals surface area contributed by atoms with Crippen LogP contribution in [0.25, 0.3) is 0 Å². The lowest BCUT2D eigenvalue weighted by Gasteiger charge is -2.14. The lowest BCUT2D eigenvalue weighted by atomic mass is 10.1. The molecular weight excluding hydrogens is 242 g/mol. The molecule has 4 nitrogen and oxygen atoms in total. The van der Waals surface area contributed by atoms with Crippen molar-refractivity contribution in [1.29, 1.82) is 0 Å². The third kappa shape index (κ3) is 2.12. The van der Waals surface area contributed by atoms with Gasteiger partial charge in [-0.05, 0) is 30.3 Å². The van der Waals surface area contributed by atoms with Gasteiger partial charge in [-0.2, -0.15) is 0 Å². The molecular formula is C15H13NO3. The summed E-state index contributed by atoms with van der Waals surface area (Å²) in [7, 11) is 1.62. The maximum atomic E-state index is 11.7. The van der Waals surface area contributed by atoms with E-state index in [9.17, 15) is 4.79 Å². The van der Waals surface area contributed by atoms with Crippen LogP contribution in [0, 0.1) is 0 Å². The number of benzene rings is 2. The fourth-order valence-corrected chi connectivity index (χ4v) is 2.09. The second-order valence-electron chi connectivity index (χ2n) is 4.25. The summed E-state index contributed by atoms with van der Waals surface area (Å²) in [6.07, 6.45) is -0.433. The standard InChI is InChI=1S/C15H13NO3/c1-18-11-8-6-10(7-9-11)16-14-12-4-2-3-5-13(12)15(17)19-14/h2-9,14,16H,1H3/t14-/m1/s1. The molecule has 1 aliphatic rings. The summed E-state index contributed by atoms with van der Waals surface area (Å²) in [6, 6.07) is 14.9. The van der Waals surface area contributed by atoms with E-state index in [1.54, 1.807) is 13.2 Å². The molecule has 2 aromatic carbocycles. The molecule has 0 fully saturated rings. The van der Waals surface area contributed by atoms with Gasteiger partial charge in [-0.3, -0.25) is 0 Å². The lowest BCUT2D eigenvalue weighted by molar-refractivity contribution is 0.0437. The molecule has 0 amide bonds. The summed E-state index contributed by atoms with van der Waals surface area (Å²) in [5, 5.41) is 3.18. The highest BCUT2D eigenvalue weighted by atomic mass is 16.6. The molecule has 0 aromatic heterocycles. The molecule has 19 heavy (non-hydrogen) atoms. The van der Waals surface area contributed by atoms with E-state index in [1.807, 2.05) is 42.5 Å². The van der Waals surface area contributed by atoms with Crippen molar-refractivity contribution in [2.45, 2.75) is 6.23 Å². The van der Waals surface area contributed by atoms with Crippen molar-refractivity contribution in [2.24, 2.45) is 0 Å². The predicted octanol–water partition coefficient (Wildman–Crippen LogP) is 2.98. The van der Waals surface area contributed by atoms with Gasteiger partial charge in [-0.1, -0.05) is 18.2 Å². The van der Waals surface area contributed by atoms with Gasteiger partial charge < -0.3 is 14.8 Å². The number of methoxy groups -OCH3 is 1. The van der Waals surface area contributed by atoms with Gasteiger partial charge in [0.25, 0.3) is 0 Å². The summed E-state index contributed by atoms with van der Waals surface area (Å²) in [6.45, 7) is 0. The Morgan fingerprint density at radius 1 is 1.11 bits per heavy atom. The number of carbonyl (C=O) groups is 1. The molecule has 2 aromatic rings. The molecule has 1 aliphatic heterocycles. The Labute approximate surface area is 111 Å². The Hall–Kier alpha value is -2.49. The number of nitrogens with one attached hydrogen (secondary N) is 1. The molecule has 1 atom stereocenters. The summed E-state index contributed by atoms with van der Waals surface area (Å²) in [5.41, 5.74) is 2.35. The minimum absolute atomic E-state index is 0.290. The van der Waals surface area contributed by atoms with Gasteiger partial charge in [0.15, 0.2) is 0 Å². The Morgan fingerprint density at radius 2 is 1.84 bits per heavy atom. The molecule has 0 unspecified atom stereocenters. The van der Waals surface area contributed by atoms with Crippen LogP contribution < -0.4 is 10.1 Å². The normalized spacial score (nSPS) is 16.7. The number of ether oxygens (including phenoxy) is 2. The SMILES string of the molecule is COc1ccc(N[C@@H]2OC(=O)c3ccccc32)cc1. The van der Waals surface area contributed by atoms with E-state index in [1.165, 1.54) is 0 Å². The van der Waals surface area contributed by atoms with Crippen molar-refractivity contribution in [1.82, 2.24) is 0 Å². The number of fused-ring (bicyclic) bond motifs is 1. The van der Waals surface area contributed by atoms with E-state index in [-0.39, 0.29) is 5.97 Å². The minimum Gasteiger partial charge on any atom is -0.497 e. The van der Waals surface area contributed by atoms with Gasteiger partial charge in [0.1, 0.15) is 5.75 Å². The number of anilines is 1. The number of hydrogen-bond donors (Lipinski definition) is 1. The lowest BCUT2D eigenvalue weighted by Crippen LogP contribution is -2.10. The zero-order chi connectivity index (χ0) is 13.2. The van der Waals surface area contributed by atoms with E-state index in [0.29, 0.717) is 5.56 Å². The van der Waals surface area contributed by atoms with Crippen LogP contribution in [0.15, 0.2) is 48.5 Å². The summed E-state index contributed by atoms with van der Waals surface area (Å²) >= 11 is 0. The van der Waals surface area contributed by atoms with Gasteiger partial charge in [0.05, 0.1) is 12.7 Å². The molecule has 0 radical (unpaired) electrons. The van der Waals surface area contributed by atoms with Gasteiger partial charge in [-0.25, -0.2) is 4.79 Å². The van der Waals surface area contributed by atoms with Crippen LogP contribution in [-0.2, 0) is 4.74 Å². The zero-order valence-corrected chi connectivity index (χ0v) is 10.4. The molecule has 0 spiro atoms. The van der Waals surface area contributed by atoms with Gasteiger partial charge in [-0.15, -0.1) is 0 Å². The van der Waals surface area contributed by atoms with Crippen LogP contribution in [0.3, 0.4) is 0 Å². The van der Waals surface area contributed by atoms with Crippen LogP contribution in [-0.4, -0.2) is 13.1 Å². The van der Waals surface area contributed by atoms with E-state index >= 15 is 0 Å². The first kappa shape index (κ1) is 11.6. The highest BCUT2D eigenvalue weighted by Crippen LogP contribution is 2.31. The smallest absolute Gasteiger partial charge is 0.340 e. The van der Waals surface area contributed by atoms with Gasteiger partial charge >= 0.3 is 5.97 Å². The van der Waals surface area contributed by atoms with Gasteiger partial charge in [0, 0.05) is 11.3 Å². The molecule has 0 bridgehead atoms. The highest BCUT2D eigenvalue weighted by Gasteiger charge is 2.30. The Balaban J connectivity index is 1.83. The predicted molar refractivity (Wildman–Crippen MR) is 71.2 cm³/mol. The number of carbonyl (C=O) groups excluding carboxylic acids is 1. The van der Waals surface area contributed by atoms with E-state index in [4.69, 9.17) is 9.47 Å². The van der Waals surface area contributed by atoms with Crippen molar-refractivity contribution in [3.63, 3.8) is 0 Å². The van der Waals surface area contributed by atoms with Crippen LogP contribution in [0.1, 0.15) is 22.1 Å². The van der Waals surface area contributed by atoms with Gasteiger partial charge in [0.2, 0.25) is 6.23 Å². The monoisotopic (exact) mass is 255 g/mol. The summed E-state index contributed by atoms with van der Waals surface area (Å²) in [5.74, 6) is 0.496. The third-order valence-electron chi connectivity index (χ3n) is 3.08. The largest absolute Gasteiger partial charge is 0.497 e. The maximum Gasteiger partial charge on any atom is 0.340 e. The molecule has 0 aliphatic carbocycles. The number of cyclic esters (lactones) is 1. The minimum atomic E-state index is -0.433. The Bertz CT molecular complexity index is 607. The number of hydrogen-bond acceptors (Lipinski definition) is 4. The van der Waals surface area contributed by atoms with E-state index in [0.717, 1.165) is 17.0 Å². The van der Waals surface area contributed by atoms with E-state index < -0.39 is 6.23 Å². The second-order valence-corrected chi connectivity index (χ2v) is 4.25. The molecule has 0 saturated heterocycles. The molecule has 4 heteroatoms. The van der Waals surface area contributed by atoms with Crippen LogP contribution in [0.2, 0.25) is 0 Å². The Kier molecular flexibility index (Phi) is 2.83. The molecule has 0 saturated carbocycles. The van der Waals surface area contributed by atoms with Crippen molar-refractivity contribution in [2.75, 3.05) is 12.4 Å². The number of rotatable bonds is 3. The number of esters is 1. The highest BCUT2D eigenvalue weighted by molar-refractivity contribution is 5.94. The van der Waals surface area contributed by atoms with Crippen LogP contribution >= 0.6 is 0 Å². The average Bonchev–Trinajstić information content (AvgIpc) is 2.77. The van der Waals surface area contributed by atoms with Crippen molar-refractivity contribution in [3.05, 3.63) is 59.7 Å². The fraction of sp³-hybridized carbons (Fsp3) is 0.133. The summed E-state index contributed by atoms with van der Waals surface area (Å²) < 4.78 is 10.4. The quantitative estimate of drug-likeness (QED) is 0.856. The third-order valence-corrected chi connectivity index (χ3v) is 3.08. The van der Waals surface area contributed by atoms with E-state index in [2.05, 4.69) is 5.32 Å². The molecule has 1 heterocycles. The van der Waals surface area contributed by atoms with Crippen molar-refractivity contribution < 1.29 is 14.3 Å².